The highest BCUT2D eigenvalue weighted by molar-refractivity contribution is 5.44. The summed E-state index contributed by atoms with van der Waals surface area (Å²) in [5.41, 5.74) is 6.86. The van der Waals surface area contributed by atoms with Crippen molar-refractivity contribution in [1.82, 2.24) is 19.1 Å². The largest absolute Gasteiger partial charge is 0.308 e. The molecule has 0 N–H and O–H groups in total. The van der Waals surface area contributed by atoms with Crippen LogP contribution in [-0.4, -0.2) is 19.1 Å². The normalized spacial score (nSPS) is 14.4. The Hall–Kier alpha value is -3.54. The Morgan fingerprint density at radius 2 is 1.94 bits per heavy atom. The maximum Gasteiger partial charge on any atom is 0.254 e. The van der Waals surface area contributed by atoms with E-state index in [1.807, 2.05) is 37.1 Å². The lowest BCUT2D eigenvalue weighted by Gasteiger charge is -2.19. The van der Waals surface area contributed by atoms with E-state index in [0.717, 1.165) is 40.9 Å². The van der Waals surface area contributed by atoms with Crippen LogP contribution in [0.3, 0.4) is 0 Å². The molecule has 0 spiro atoms. The molecule has 6 heteroatoms. The molecule has 0 amide bonds. The van der Waals surface area contributed by atoms with Crippen molar-refractivity contribution in [2.75, 3.05) is 0 Å². The number of rotatable bonds is 6. The van der Waals surface area contributed by atoms with Crippen molar-refractivity contribution in [2.24, 2.45) is 0 Å². The van der Waals surface area contributed by atoms with Gasteiger partial charge in [0, 0.05) is 36.3 Å². The number of pyridine rings is 2. The average Bonchev–Trinajstić information content (AvgIpc) is 3.55. The third-order valence-corrected chi connectivity index (χ3v) is 6.46. The average molecular weight is 443 g/mol. The van der Waals surface area contributed by atoms with Crippen LogP contribution in [0.15, 0.2) is 66.2 Å². The number of aromatic nitrogens is 4. The van der Waals surface area contributed by atoms with E-state index in [-0.39, 0.29) is 11.6 Å². The van der Waals surface area contributed by atoms with Crippen LogP contribution in [0.4, 0.5) is 4.39 Å². The van der Waals surface area contributed by atoms with Crippen LogP contribution in [0.25, 0.3) is 5.69 Å². The fourth-order valence-electron chi connectivity index (χ4n) is 4.45. The van der Waals surface area contributed by atoms with Gasteiger partial charge in [0.05, 0.1) is 24.3 Å². The Kier molecular flexibility index (Phi) is 5.44. The molecule has 4 aromatic rings. The van der Waals surface area contributed by atoms with Crippen molar-refractivity contribution in [3.8, 4) is 5.69 Å². The summed E-state index contributed by atoms with van der Waals surface area (Å²) in [6.07, 6.45) is 11.4. The Bertz CT molecular complexity index is 1380. The van der Waals surface area contributed by atoms with Crippen molar-refractivity contribution in [1.29, 1.82) is 0 Å². The van der Waals surface area contributed by atoms with Crippen LogP contribution in [-0.2, 0) is 6.42 Å². The molecule has 3 aromatic heterocycles. The van der Waals surface area contributed by atoms with Crippen LogP contribution in [0.5, 0.6) is 0 Å². The molecule has 5 nitrogen and oxygen atoms in total. The summed E-state index contributed by atoms with van der Waals surface area (Å²) in [7, 11) is 0. The van der Waals surface area contributed by atoms with Gasteiger partial charge in [-0.15, -0.1) is 0 Å². The topological polar surface area (TPSA) is 52.7 Å². The van der Waals surface area contributed by atoms with Crippen LogP contribution in [0.1, 0.15) is 65.2 Å². The zero-order valence-electron chi connectivity index (χ0n) is 19.1. The summed E-state index contributed by atoms with van der Waals surface area (Å²) in [6.45, 7) is 5.97. The van der Waals surface area contributed by atoms with Gasteiger partial charge >= 0.3 is 0 Å². The second-order valence-electron chi connectivity index (χ2n) is 9.12. The fraction of sp³-hybridized carbons (Fsp3) is 0.296. The summed E-state index contributed by atoms with van der Waals surface area (Å²) in [6, 6.07) is 9.51. The van der Waals surface area contributed by atoms with Crippen LogP contribution < -0.4 is 5.56 Å². The molecule has 1 aliphatic carbocycles. The molecular formula is C27H27FN4O. The van der Waals surface area contributed by atoms with E-state index in [9.17, 15) is 9.18 Å². The molecule has 0 saturated heterocycles. The van der Waals surface area contributed by atoms with E-state index in [1.54, 1.807) is 10.8 Å². The summed E-state index contributed by atoms with van der Waals surface area (Å²) in [4.78, 5) is 21.8. The fourth-order valence-corrected chi connectivity index (χ4v) is 4.45. The standard InChI is InChI=1S/C27H27FN4O/c1-17-8-20(4-7-26(17)31-14-18(2)30-16-31)9-22-10-24(21-5-6-21)15-32(27(22)33)19(3)23-11-25(28)13-29-12-23/h4,7-8,10-16,19,21H,5-6,9H2,1-3H3/t19-/m0/s1. The Morgan fingerprint density at radius 1 is 1.12 bits per heavy atom. The molecule has 1 atom stereocenters. The van der Waals surface area contributed by atoms with Gasteiger partial charge in [-0.1, -0.05) is 12.1 Å². The van der Waals surface area contributed by atoms with Gasteiger partial charge in [-0.05, 0) is 80.0 Å². The highest BCUT2D eigenvalue weighted by Crippen LogP contribution is 2.40. The molecule has 168 valence electrons. The van der Waals surface area contributed by atoms with E-state index < -0.39 is 5.82 Å². The molecule has 1 aromatic carbocycles. The third-order valence-electron chi connectivity index (χ3n) is 6.46. The number of imidazole rings is 1. The predicted octanol–water partition coefficient (Wildman–Crippen LogP) is 5.26. The van der Waals surface area contributed by atoms with E-state index in [0.29, 0.717) is 17.9 Å². The molecule has 1 fully saturated rings. The first-order valence-corrected chi connectivity index (χ1v) is 11.3. The van der Waals surface area contributed by atoms with Crippen molar-refractivity contribution < 1.29 is 4.39 Å². The summed E-state index contributed by atoms with van der Waals surface area (Å²) in [5.74, 6) is 0.108. The second-order valence-corrected chi connectivity index (χ2v) is 9.12. The zero-order valence-corrected chi connectivity index (χ0v) is 19.1. The van der Waals surface area contributed by atoms with Crippen LogP contribution in [0, 0.1) is 19.7 Å². The minimum absolute atomic E-state index is 0.0388. The number of halogens is 1. The summed E-state index contributed by atoms with van der Waals surface area (Å²) >= 11 is 0. The molecule has 1 saturated carbocycles. The van der Waals surface area contributed by atoms with E-state index in [1.165, 1.54) is 17.8 Å². The van der Waals surface area contributed by atoms with E-state index >= 15 is 0 Å². The Balaban J connectivity index is 1.50. The van der Waals surface area contributed by atoms with Gasteiger partial charge in [0.15, 0.2) is 0 Å². The summed E-state index contributed by atoms with van der Waals surface area (Å²) in [5, 5.41) is 0. The quantitative estimate of drug-likeness (QED) is 0.409. The Morgan fingerprint density at radius 3 is 2.61 bits per heavy atom. The van der Waals surface area contributed by atoms with Gasteiger partial charge < -0.3 is 9.13 Å². The third kappa shape index (κ3) is 4.38. The highest BCUT2D eigenvalue weighted by Gasteiger charge is 2.26. The van der Waals surface area contributed by atoms with Gasteiger partial charge in [-0.2, -0.15) is 0 Å². The molecule has 0 radical (unpaired) electrons. The molecule has 3 heterocycles. The van der Waals surface area contributed by atoms with Gasteiger partial charge in [-0.3, -0.25) is 9.78 Å². The van der Waals surface area contributed by atoms with Gasteiger partial charge in [0.2, 0.25) is 0 Å². The smallest absolute Gasteiger partial charge is 0.254 e. The molecule has 0 bridgehead atoms. The van der Waals surface area contributed by atoms with Crippen molar-refractivity contribution >= 4 is 0 Å². The molecule has 0 unspecified atom stereocenters. The number of aryl methyl sites for hydroxylation is 2. The van der Waals surface area contributed by atoms with Gasteiger partial charge in [-0.25, -0.2) is 9.37 Å². The molecule has 0 aliphatic heterocycles. The molecular weight excluding hydrogens is 415 g/mol. The zero-order chi connectivity index (χ0) is 23.1. The lowest BCUT2D eigenvalue weighted by atomic mass is 10.00. The van der Waals surface area contributed by atoms with Crippen LogP contribution in [0.2, 0.25) is 0 Å². The maximum absolute atomic E-state index is 13.8. The minimum atomic E-state index is -0.394. The first kappa shape index (κ1) is 21.3. The molecule has 5 rings (SSSR count). The SMILES string of the molecule is Cc1cn(-c2ccc(Cc3cc(C4CC4)cn([C@@H](C)c4cncc(F)c4)c3=O)cc2C)cn1. The first-order valence-electron chi connectivity index (χ1n) is 11.3. The highest BCUT2D eigenvalue weighted by atomic mass is 19.1. The second kappa shape index (κ2) is 8.43. The summed E-state index contributed by atoms with van der Waals surface area (Å²) < 4.78 is 17.5. The van der Waals surface area contributed by atoms with E-state index in [2.05, 4.69) is 41.2 Å². The molecule has 1 aliphatic rings. The number of hydrogen-bond donors (Lipinski definition) is 0. The van der Waals surface area contributed by atoms with Gasteiger partial charge in [0.25, 0.3) is 5.56 Å². The lowest BCUT2D eigenvalue weighted by Crippen LogP contribution is -2.27. The van der Waals surface area contributed by atoms with Crippen molar-refractivity contribution in [3.63, 3.8) is 0 Å². The predicted molar refractivity (Wildman–Crippen MR) is 127 cm³/mol. The van der Waals surface area contributed by atoms with Crippen molar-refractivity contribution in [2.45, 2.75) is 52.0 Å². The Labute approximate surface area is 192 Å². The minimum Gasteiger partial charge on any atom is -0.308 e. The van der Waals surface area contributed by atoms with Gasteiger partial charge in [0.1, 0.15) is 5.82 Å². The number of nitrogens with zero attached hydrogens (tertiary/aromatic N) is 4. The number of hydrogen-bond acceptors (Lipinski definition) is 3. The maximum atomic E-state index is 13.8. The van der Waals surface area contributed by atoms with Crippen molar-refractivity contribution in [3.05, 3.63) is 111 Å². The lowest BCUT2D eigenvalue weighted by molar-refractivity contribution is 0.581. The number of benzene rings is 1. The first-order chi connectivity index (χ1) is 15.9. The molecule has 33 heavy (non-hydrogen) atoms. The monoisotopic (exact) mass is 442 g/mol. The van der Waals surface area contributed by atoms with E-state index in [4.69, 9.17) is 0 Å². The van der Waals surface area contributed by atoms with Crippen LogP contribution >= 0.6 is 0 Å².